The van der Waals surface area contributed by atoms with E-state index in [4.69, 9.17) is 23.4 Å². The highest BCUT2D eigenvalue weighted by Crippen LogP contribution is 2.37. The number of ether oxygens (including phenoxy) is 4. The summed E-state index contributed by atoms with van der Waals surface area (Å²) >= 11 is 0. The first-order valence-corrected chi connectivity index (χ1v) is 12.5. The molecule has 16 nitrogen and oxygen atoms in total. The number of fused-ring (bicyclic) bond motifs is 1. The average molecular weight is 596 g/mol. The van der Waals surface area contributed by atoms with Crippen LogP contribution in [0.25, 0.3) is 22.3 Å². The van der Waals surface area contributed by atoms with Crippen molar-refractivity contribution in [3.05, 3.63) is 46.6 Å². The second-order valence-corrected chi connectivity index (χ2v) is 9.81. The summed E-state index contributed by atoms with van der Waals surface area (Å²) in [5.41, 5.74) is -1.03. The molecular weight excluding hydrogens is 568 g/mol. The first kappa shape index (κ1) is 29.9. The van der Waals surface area contributed by atoms with Crippen LogP contribution in [0.5, 0.6) is 23.0 Å². The van der Waals surface area contributed by atoms with E-state index >= 15 is 0 Å². The zero-order chi connectivity index (χ0) is 30.5. The molecule has 0 radical (unpaired) electrons. The first-order chi connectivity index (χ1) is 19.9. The molecule has 2 aromatic carbocycles. The lowest BCUT2D eigenvalue weighted by Crippen LogP contribution is -2.62. The molecule has 3 aromatic rings. The van der Waals surface area contributed by atoms with Crippen LogP contribution in [0.1, 0.15) is 0 Å². The second kappa shape index (κ2) is 11.6. The highest BCUT2D eigenvalue weighted by atomic mass is 16.8. The number of rotatable bonds is 6. The number of aromatic hydroxyl groups is 3. The molecule has 42 heavy (non-hydrogen) atoms. The Morgan fingerprint density at radius 2 is 1.36 bits per heavy atom. The second-order valence-electron chi connectivity index (χ2n) is 9.81. The summed E-state index contributed by atoms with van der Waals surface area (Å²) in [6, 6.07) is 7.22. The summed E-state index contributed by atoms with van der Waals surface area (Å²) in [5, 5.41) is 100. The predicted octanol–water partition coefficient (Wildman–Crippen LogP) is -2.46. The molecule has 3 heterocycles. The summed E-state index contributed by atoms with van der Waals surface area (Å²) in [6.07, 6.45) is -18.2. The largest absolute Gasteiger partial charge is 0.508 e. The number of hydrogen-bond acceptors (Lipinski definition) is 16. The molecule has 2 fully saturated rings. The lowest BCUT2D eigenvalue weighted by atomic mass is 9.99. The van der Waals surface area contributed by atoms with E-state index in [-0.39, 0.29) is 22.7 Å². The fourth-order valence-electron chi connectivity index (χ4n) is 4.60. The molecule has 10 atom stereocenters. The Morgan fingerprint density at radius 1 is 0.714 bits per heavy atom. The van der Waals surface area contributed by atoms with Crippen molar-refractivity contribution < 1.29 is 74.4 Å². The van der Waals surface area contributed by atoms with Gasteiger partial charge in [0.05, 0.1) is 6.61 Å². The summed E-state index contributed by atoms with van der Waals surface area (Å²) in [7, 11) is 0. The van der Waals surface area contributed by atoms with E-state index in [0.717, 1.165) is 12.1 Å². The molecule has 5 rings (SSSR count). The van der Waals surface area contributed by atoms with Crippen LogP contribution in [0.2, 0.25) is 0 Å². The van der Waals surface area contributed by atoms with Gasteiger partial charge in [-0.05, 0) is 24.3 Å². The van der Waals surface area contributed by atoms with E-state index in [9.17, 15) is 55.9 Å². The fourth-order valence-corrected chi connectivity index (χ4v) is 4.60. The van der Waals surface area contributed by atoms with Crippen LogP contribution < -0.4 is 10.2 Å². The molecule has 1 aromatic heterocycles. The molecule has 2 aliphatic heterocycles. The monoisotopic (exact) mass is 596 g/mol. The maximum atomic E-state index is 13.5. The number of hydrogen-bond donors (Lipinski definition) is 10. The van der Waals surface area contributed by atoms with Crippen molar-refractivity contribution in [2.75, 3.05) is 6.61 Å². The minimum atomic E-state index is -1.96. The maximum Gasteiger partial charge on any atom is 0.239 e. The van der Waals surface area contributed by atoms with Gasteiger partial charge in [0.15, 0.2) is 18.3 Å². The van der Waals surface area contributed by atoms with Gasteiger partial charge in [-0.25, -0.2) is 0 Å². The van der Waals surface area contributed by atoms with Crippen molar-refractivity contribution in [3.63, 3.8) is 0 Å². The van der Waals surface area contributed by atoms with Crippen LogP contribution >= 0.6 is 0 Å². The minimum absolute atomic E-state index is 0.118. The van der Waals surface area contributed by atoms with E-state index in [0.29, 0.717) is 0 Å². The van der Waals surface area contributed by atoms with Gasteiger partial charge in [0, 0.05) is 17.7 Å². The molecule has 0 spiro atoms. The Hall–Kier alpha value is -3.55. The van der Waals surface area contributed by atoms with Crippen LogP contribution in [-0.2, 0) is 14.2 Å². The van der Waals surface area contributed by atoms with E-state index in [1.807, 2.05) is 0 Å². The van der Waals surface area contributed by atoms with E-state index in [1.165, 1.54) is 24.3 Å². The minimum Gasteiger partial charge on any atom is -0.508 e. The summed E-state index contributed by atoms with van der Waals surface area (Å²) in [5.74, 6) is -2.09. The summed E-state index contributed by atoms with van der Waals surface area (Å²) in [4.78, 5) is 13.5. The lowest BCUT2D eigenvalue weighted by molar-refractivity contribution is -0.350. The number of benzene rings is 2. The van der Waals surface area contributed by atoms with Gasteiger partial charge in [0.25, 0.3) is 0 Å². The van der Waals surface area contributed by atoms with Gasteiger partial charge in [-0.1, -0.05) is 0 Å². The molecule has 0 amide bonds. The predicted molar refractivity (Wildman–Crippen MR) is 135 cm³/mol. The van der Waals surface area contributed by atoms with Crippen LogP contribution in [0.15, 0.2) is 45.6 Å². The zero-order valence-corrected chi connectivity index (χ0v) is 21.4. The van der Waals surface area contributed by atoms with Crippen LogP contribution in [0.3, 0.4) is 0 Å². The first-order valence-electron chi connectivity index (χ1n) is 12.5. The van der Waals surface area contributed by atoms with Crippen molar-refractivity contribution in [3.8, 4) is 34.3 Å². The molecule has 10 N–H and O–H groups in total. The third-order valence-electron chi connectivity index (χ3n) is 6.92. The van der Waals surface area contributed by atoms with E-state index < -0.39 is 96.3 Å². The third-order valence-corrected chi connectivity index (χ3v) is 6.92. The smallest absolute Gasteiger partial charge is 0.239 e. The molecule has 0 bridgehead atoms. The molecule has 228 valence electrons. The van der Waals surface area contributed by atoms with Gasteiger partial charge in [0.2, 0.25) is 17.5 Å². The Morgan fingerprint density at radius 3 is 2.05 bits per heavy atom. The van der Waals surface area contributed by atoms with Gasteiger partial charge >= 0.3 is 0 Å². The highest BCUT2D eigenvalue weighted by Gasteiger charge is 2.48. The quantitative estimate of drug-likeness (QED) is 0.141. The number of aliphatic hydroxyl groups is 7. The third kappa shape index (κ3) is 5.48. The lowest BCUT2D eigenvalue weighted by Gasteiger charge is -2.42. The molecule has 4 unspecified atom stereocenters. The van der Waals surface area contributed by atoms with Gasteiger partial charge in [0.1, 0.15) is 70.9 Å². The van der Waals surface area contributed by atoms with Crippen molar-refractivity contribution in [1.82, 2.24) is 0 Å². The topological polar surface area (TPSA) is 269 Å². The maximum absolute atomic E-state index is 13.5. The van der Waals surface area contributed by atoms with Crippen molar-refractivity contribution in [1.29, 1.82) is 0 Å². The molecule has 0 saturated carbocycles. The Balaban J connectivity index is 1.46. The summed E-state index contributed by atoms with van der Waals surface area (Å²) < 4.78 is 27.2. The van der Waals surface area contributed by atoms with Gasteiger partial charge < -0.3 is 74.4 Å². The van der Waals surface area contributed by atoms with E-state index in [2.05, 4.69) is 0 Å². The average Bonchev–Trinajstić information content (AvgIpc) is 2.95. The molecule has 16 heteroatoms. The molecule has 0 aliphatic carbocycles. The van der Waals surface area contributed by atoms with Gasteiger partial charge in [-0.15, -0.1) is 0 Å². The summed E-state index contributed by atoms with van der Waals surface area (Å²) in [6.45, 7) is -0.681. The Bertz CT molecular complexity index is 1470. The highest BCUT2D eigenvalue weighted by molar-refractivity contribution is 5.88. The normalized spacial score (nSPS) is 33.5. The van der Waals surface area contributed by atoms with Crippen LogP contribution in [0, 0.1) is 0 Å². The molecular formula is C26H28O16. The number of phenols is 3. The molecule has 2 saturated heterocycles. The van der Waals surface area contributed by atoms with Crippen molar-refractivity contribution >= 4 is 11.0 Å². The van der Waals surface area contributed by atoms with Crippen molar-refractivity contribution in [2.24, 2.45) is 0 Å². The zero-order valence-electron chi connectivity index (χ0n) is 21.4. The number of phenolic OH excluding ortho intramolecular Hbond substituents is 3. The fraction of sp³-hybridized carbons (Fsp3) is 0.423. The van der Waals surface area contributed by atoms with Crippen LogP contribution in [-0.4, -0.2) is 119 Å². The SMILES string of the molecule is O=c1c(O[C@@H]2OC(CO[C@@H]3OC(O)[C@H](O)C(O)[C@@H]3O)[C@@H](O)C(O)[C@@H]2O)c(-c2ccc(O)cc2)oc2cc(O)cc(O)c12. The molecule has 2 aliphatic rings. The standard InChI is InChI=1S/C26H28O16/c27-9-3-1-8(2-4-9)22-23(16(31)14-11(29)5-10(28)6-12(14)39-22)41-26-21(36)17(32)15(30)13(40-26)7-38-25-20(35)18(33)19(34)24(37)42-25/h1-6,13,15,17-21,24-30,32-37H,7H2/t13?,15-,17?,18?,19-,20+,21+,24?,25-,26+/m1/s1. The Kier molecular flexibility index (Phi) is 8.28. The number of aliphatic hydroxyl groups excluding tert-OH is 7. The van der Waals surface area contributed by atoms with E-state index in [1.54, 1.807) is 0 Å². The van der Waals surface area contributed by atoms with Crippen molar-refractivity contribution in [2.45, 2.75) is 61.6 Å². The van der Waals surface area contributed by atoms with Gasteiger partial charge in [-0.3, -0.25) is 4.79 Å². The van der Waals surface area contributed by atoms with Crippen LogP contribution in [0.4, 0.5) is 0 Å². The van der Waals surface area contributed by atoms with Gasteiger partial charge in [-0.2, -0.15) is 0 Å². The Labute approximate surface area is 235 Å².